The molecular weight excluding hydrogens is 302 g/mol. The first-order valence-electron chi connectivity index (χ1n) is 8.35. The Labute approximate surface area is 143 Å². The van der Waals surface area contributed by atoms with Gasteiger partial charge in [-0.05, 0) is 61.7 Å². The fraction of sp³-hybridized carbons (Fsp3) is 0.350. The number of benzene rings is 2. The van der Waals surface area contributed by atoms with Gasteiger partial charge in [-0.1, -0.05) is 19.9 Å². The van der Waals surface area contributed by atoms with Crippen LogP contribution >= 0.6 is 0 Å². The van der Waals surface area contributed by atoms with E-state index in [0.29, 0.717) is 30.4 Å². The summed E-state index contributed by atoms with van der Waals surface area (Å²) in [4.78, 5) is 12.3. The van der Waals surface area contributed by atoms with E-state index in [-0.39, 0.29) is 5.91 Å². The standard InChI is InChI=1S/C20H25NO3/c1-4-23-19-7-5-6-16(14-19)20(22)21-17-8-10-18(11-9-17)24-13-12-15(2)3/h5-11,14-15H,4,12-13H2,1-3H3,(H,21,22). The zero-order chi connectivity index (χ0) is 17.4. The summed E-state index contributed by atoms with van der Waals surface area (Å²) < 4.78 is 11.1. The van der Waals surface area contributed by atoms with Crippen LogP contribution in [-0.2, 0) is 0 Å². The molecule has 0 aromatic heterocycles. The van der Waals surface area contributed by atoms with Gasteiger partial charge in [0.2, 0.25) is 0 Å². The maximum atomic E-state index is 12.3. The van der Waals surface area contributed by atoms with Gasteiger partial charge in [-0.25, -0.2) is 0 Å². The van der Waals surface area contributed by atoms with Gasteiger partial charge in [-0.2, -0.15) is 0 Å². The zero-order valence-electron chi connectivity index (χ0n) is 14.5. The van der Waals surface area contributed by atoms with Crippen molar-refractivity contribution in [1.82, 2.24) is 0 Å². The van der Waals surface area contributed by atoms with Crippen LogP contribution in [0.1, 0.15) is 37.6 Å². The lowest BCUT2D eigenvalue weighted by Crippen LogP contribution is -2.12. The molecule has 1 N–H and O–H groups in total. The summed E-state index contributed by atoms with van der Waals surface area (Å²) in [7, 11) is 0. The van der Waals surface area contributed by atoms with Gasteiger partial charge in [0.15, 0.2) is 0 Å². The molecule has 0 bridgehead atoms. The number of hydrogen-bond donors (Lipinski definition) is 1. The van der Waals surface area contributed by atoms with E-state index in [2.05, 4.69) is 19.2 Å². The molecule has 4 nitrogen and oxygen atoms in total. The predicted octanol–water partition coefficient (Wildman–Crippen LogP) is 4.76. The summed E-state index contributed by atoms with van der Waals surface area (Å²) in [6.45, 7) is 7.53. The average molecular weight is 327 g/mol. The van der Waals surface area contributed by atoms with E-state index in [1.807, 2.05) is 43.3 Å². The number of ether oxygens (including phenoxy) is 2. The first-order chi connectivity index (χ1) is 11.6. The van der Waals surface area contributed by atoms with E-state index in [4.69, 9.17) is 9.47 Å². The maximum absolute atomic E-state index is 12.3. The van der Waals surface area contributed by atoms with Crippen LogP contribution in [0.4, 0.5) is 5.69 Å². The minimum Gasteiger partial charge on any atom is -0.494 e. The highest BCUT2D eigenvalue weighted by Crippen LogP contribution is 2.18. The third kappa shape index (κ3) is 5.61. The van der Waals surface area contributed by atoms with E-state index in [1.165, 1.54) is 0 Å². The third-order valence-corrected chi connectivity index (χ3v) is 3.48. The van der Waals surface area contributed by atoms with Crippen LogP contribution in [-0.4, -0.2) is 19.1 Å². The molecule has 0 unspecified atom stereocenters. The second kappa shape index (κ2) is 8.96. The van der Waals surface area contributed by atoms with Crippen LogP contribution in [0.3, 0.4) is 0 Å². The number of nitrogens with one attached hydrogen (secondary N) is 1. The molecule has 2 aromatic rings. The van der Waals surface area contributed by atoms with Crippen molar-refractivity contribution in [2.45, 2.75) is 27.2 Å². The predicted molar refractivity (Wildman–Crippen MR) is 97.0 cm³/mol. The van der Waals surface area contributed by atoms with Crippen LogP contribution < -0.4 is 14.8 Å². The largest absolute Gasteiger partial charge is 0.494 e. The number of anilines is 1. The molecule has 0 saturated heterocycles. The summed E-state index contributed by atoms with van der Waals surface area (Å²) in [6, 6.07) is 14.6. The van der Waals surface area contributed by atoms with E-state index in [1.54, 1.807) is 12.1 Å². The number of amides is 1. The van der Waals surface area contributed by atoms with Crippen molar-refractivity contribution in [3.63, 3.8) is 0 Å². The minimum atomic E-state index is -0.162. The lowest BCUT2D eigenvalue weighted by atomic mass is 10.1. The molecule has 128 valence electrons. The van der Waals surface area contributed by atoms with Crippen molar-refractivity contribution in [1.29, 1.82) is 0 Å². The van der Waals surface area contributed by atoms with Crippen LogP contribution in [0, 0.1) is 5.92 Å². The molecule has 0 radical (unpaired) electrons. The van der Waals surface area contributed by atoms with E-state index in [0.717, 1.165) is 17.9 Å². The Kier molecular flexibility index (Phi) is 6.67. The highest BCUT2D eigenvalue weighted by molar-refractivity contribution is 6.04. The second-order valence-corrected chi connectivity index (χ2v) is 5.97. The Morgan fingerprint density at radius 1 is 1.04 bits per heavy atom. The highest BCUT2D eigenvalue weighted by atomic mass is 16.5. The maximum Gasteiger partial charge on any atom is 0.255 e. The van der Waals surface area contributed by atoms with Crippen LogP contribution in [0.2, 0.25) is 0 Å². The van der Waals surface area contributed by atoms with Crippen molar-refractivity contribution >= 4 is 11.6 Å². The molecule has 2 rings (SSSR count). The summed E-state index contributed by atoms with van der Waals surface area (Å²) >= 11 is 0. The molecular formula is C20H25NO3. The minimum absolute atomic E-state index is 0.162. The molecule has 0 aliphatic heterocycles. The third-order valence-electron chi connectivity index (χ3n) is 3.48. The zero-order valence-corrected chi connectivity index (χ0v) is 14.5. The lowest BCUT2D eigenvalue weighted by molar-refractivity contribution is 0.102. The molecule has 0 saturated carbocycles. The number of carbonyl (C=O) groups is 1. The SMILES string of the molecule is CCOc1cccc(C(=O)Nc2ccc(OCCC(C)C)cc2)c1. The Morgan fingerprint density at radius 3 is 2.46 bits per heavy atom. The van der Waals surface area contributed by atoms with Gasteiger partial charge >= 0.3 is 0 Å². The molecule has 24 heavy (non-hydrogen) atoms. The van der Waals surface area contributed by atoms with Gasteiger partial charge in [0, 0.05) is 11.3 Å². The van der Waals surface area contributed by atoms with E-state index >= 15 is 0 Å². The Hall–Kier alpha value is -2.49. The smallest absolute Gasteiger partial charge is 0.255 e. The molecule has 1 amide bonds. The summed E-state index contributed by atoms with van der Waals surface area (Å²) in [5.74, 6) is 1.96. The first-order valence-corrected chi connectivity index (χ1v) is 8.35. The van der Waals surface area contributed by atoms with E-state index < -0.39 is 0 Å². The molecule has 0 aliphatic carbocycles. The van der Waals surface area contributed by atoms with Gasteiger partial charge in [0.1, 0.15) is 11.5 Å². The highest BCUT2D eigenvalue weighted by Gasteiger charge is 2.07. The van der Waals surface area contributed by atoms with Crippen molar-refractivity contribution in [2.24, 2.45) is 5.92 Å². The number of rotatable bonds is 8. The van der Waals surface area contributed by atoms with Crippen molar-refractivity contribution in [2.75, 3.05) is 18.5 Å². The van der Waals surface area contributed by atoms with Crippen molar-refractivity contribution in [3.05, 3.63) is 54.1 Å². The number of carbonyl (C=O) groups excluding carboxylic acids is 1. The summed E-state index contributed by atoms with van der Waals surface area (Å²) in [5.41, 5.74) is 1.30. The molecule has 0 heterocycles. The first kappa shape index (κ1) is 17.9. The Balaban J connectivity index is 1.93. The molecule has 0 aliphatic rings. The van der Waals surface area contributed by atoms with Gasteiger partial charge in [-0.15, -0.1) is 0 Å². The van der Waals surface area contributed by atoms with Gasteiger partial charge in [-0.3, -0.25) is 4.79 Å². The lowest BCUT2D eigenvalue weighted by Gasteiger charge is -2.10. The number of hydrogen-bond acceptors (Lipinski definition) is 3. The Bertz CT molecular complexity index is 650. The summed E-state index contributed by atoms with van der Waals surface area (Å²) in [5, 5.41) is 2.88. The van der Waals surface area contributed by atoms with Gasteiger partial charge < -0.3 is 14.8 Å². The van der Waals surface area contributed by atoms with Crippen molar-refractivity contribution < 1.29 is 14.3 Å². The molecule has 0 atom stereocenters. The summed E-state index contributed by atoms with van der Waals surface area (Å²) in [6.07, 6.45) is 1.02. The van der Waals surface area contributed by atoms with Crippen molar-refractivity contribution in [3.8, 4) is 11.5 Å². The average Bonchev–Trinajstić information content (AvgIpc) is 2.57. The monoisotopic (exact) mass is 327 g/mol. The quantitative estimate of drug-likeness (QED) is 0.760. The van der Waals surface area contributed by atoms with Crippen LogP contribution in [0.5, 0.6) is 11.5 Å². The fourth-order valence-corrected chi connectivity index (χ4v) is 2.14. The van der Waals surface area contributed by atoms with Gasteiger partial charge in [0.05, 0.1) is 13.2 Å². The molecule has 0 spiro atoms. The fourth-order valence-electron chi connectivity index (χ4n) is 2.14. The Morgan fingerprint density at radius 2 is 1.79 bits per heavy atom. The normalized spacial score (nSPS) is 10.5. The molecule has 0 fully saturated rings. The molecule has 4 heteroatoms. The topological polar surface area (TPSA) is 47.6 Å². The van der Waals surface area contributed by atoms with Gasteiger partial charge in [0.25, 0.3) is 5.91 Å². The van der Waals surface area contributed by atoms with Crippen LogP contribution in [0.15, 0.2) is 48.5 Å². The van der Waals surface area contributed by atoms with E-state index in [9.17, 15) is 4.79 Å². The molecule has 2 aromatic carbocycles. The second-order valence-electron chi connectivity index (χ2n) is 5.97. The van der Waals surface area contributed by atoms with Crippen LogP contribution in [0.25, 0.3) is 0 Å².